The van der Waals surface area contributed by atoms with Crippen LogP contribution in [0.25, 0.3) is 0 Å². The number of carbonyl (C=O) groups is 1. The fraction of sp³-hybridized carbons (Fsp3) is 0.500. The summed E-state index contributed by atoms with van der Waals surface area (Å²) in [6, 6.07) is 6.54. The zero-order valence-corrected chi connectivity index (χ0v) is 10.0. The van der Waals surface area contributed by atoms with Crippen LogP contribution in [0.5, 0.6) is 0 Å². The first-order valence-corrected chi connectivity index (χ1v) is 6.13. The van der Waals surface area contributed by atoms with Crippen LogP contribution < -0.4 is 0 Å². The Morgan fingerprint density at radius 2 is 2.00 bits per heavy atom. The van der Waals surface area contributed by atoms with Crippen molar-refractivity contribution in [2.45, 2.75) is 25.2 Å². The number of halogens is 2. The second-order valence-corrected chi connectivity index (χ2v) is 4.60. The maximum absolute atomic E-state index is 13.3. The quantitative estimate of drug-likeness (QED) is 0.771. The van der Waals surface area contributed by atoms with E-state index in [-0.39, 0.29) is 5.92 Å². The summed E-state index contributed by atoms with van der Waals surface area (Å²) in [6.07, 6.45) is -0.411. The Kier molecular flexibility index (Phi) is 4.42. The number of hydrogen-bond donors (Lipinski definition) is 0. The Morgan fingerprint density at radius 3 is 2.61 bits per heavy atom. The summed E-state index contributed by atoms with van der Waals surface area (Å²) in [5, 5.41) is 0. The van der Waals surface area contributed by atoms with Gasteiger partial charge in [0.2, 0.25) is 6.43 Å². The third kappa shape index (κ3) is 2.93. The fourth-order valence-corrected chi connectivity index (χ4v) is 2.54. The topological polar surface area (TPSA) is 26.3 Å². The molecule has 1 unspecified atom stereocenters. The van der Waals surface area contributed by atoms with Crippen LogP contribution >= 0.6 is 0 Å². The molecule has 4 heteroatoms. The molecule has 0 spiro atoms. The molecule has 1 saturated heterocycles. The molecule has 0 bridgehead atoms. The van der Waals surface area contributed by atoms with Crippen LogP contribution in [0.3, 0.4) is 0 Å². The number of rotatable bonds is 4. The van der Waals surface area contributed by atoms with E-state index in [0.29, 0.717) is 43.5 Å². The van der Waals surface area contributed by atoms with Gasteiger partial charge in [-0.25, -0.2) is 8.78 Å². The van der Waals surface area contributed by atoms with Crippen LogP contribution in [0.1, 0.15) is 34.7 Å². The summed E-state index contributed by atoms with van der Waals surface area (Å²) >= 11 is 0. The van der Waals surface area contributed by atoms with Crippen molar-refractivity contribution < 1.29 is 18.3 Å². The minimum absolute atomic E-state index is 0.0688. The van der Waals surface area contributed by atoms with Crippen molar-refractivity contribution in [3.05, 3.63) is 35.4 Å². The number of benzene rings is 1. The van der Waals surface area contributed by atoms with E-state index in [1.165, 1.54) is 0 Å². The highest BCUT2D eigenvalue weighted by Gasteiger charge is 2.32. The monoisotopic (exact) mass is 254 g/mol. The van der Waals surface area contributed by atoms with Gasteiger partial charge in [-0.3, -0.25) is 4.79 Å². The average Bonchev–Trinajstić information content (AvgIpc) is 2.40. The van der Waals surface area contributed by atoms with Crippen molar-refractivity contribution in [1.82, 2.24) is 0 Å². The zero-order valence-electron chi connectivity index (χ0n) is 10.0. The van der Waals surface area contributed by atoms with Gasteiger partial charge in [-0.15, -0.1) is 0 Å². The maximum atomic E-state index is 13.3. The smallest absolute Gasteiger partial charge is 0.245 e. The van der Waals surface area contributed by atoms with Crippen LogP contribution in [0.2, 0.25) is 0 Å². The van der Waals surface area contributed by atoms with E-state index < -0.39 is 12.3 Å². The van der Waals surface area contributed by atoms with E-state index in [2.05, 4.69) is 0 Å². The first-order chi connectivity index (χ1) is 8.72. The molecule has 0 aromatic heterocycles. The Bertz CT molecular complexity index is 401. The van der Waals surface area contributed by atoms with Crippen LogP contribution in [0, 0.1) is 5.92 Å². The molecular formula is C14H16F2O2. The lowest BCUT2D eigenvalue weighted by atomic mass is 9.81. The van der Waals surface area contributed by atoms with Crippen LogP contribution in [0.15, 0.2) is 24.3 Å². The Labute approximate surface area is 105 Å². The molecule has 1 aromatic carbocycles. The van der Waals surface area contributed by atoms with Crippen LogP contribution in [-0.4, -0.2) is 25.9 Å². The lowest BCUT2D eigenvalue weighted by Crippen LogP contribution is -2.26. The van der Waals surface area contributed by atoms with Gasteiger partial charge in [0.15, 0.2) is 0 Å². The molecule has 98 valence electrons. The number of hydrogen-bond acceptors (Lipinski definition) is 2. The summed E-state index contributed by atoms with van der Waals surface area (Å²) in [6.45, 7) is 1.09. The highest BCUT2D eigenvalue weighted by Crippen LogP contribution is 2.36. The first-order valence-electron chi connectivity index (χ1n) is 6.13. The van der Waals surface area contributed by atoms with E-state index in [1.54, 1.807) is 24.3 Å². The molecule has 1 fully saturated rings. The van der Waals surface area contributed by atoms with E-state index in [1.807, 2.05) is 0 Å². The largest absolute Gasteiger partial charge is 0.381 e. The van der Waals surface area contributed by atoms with Crippen LogP contribution in [-0.2, 0) is 4.74 Å². The lowest BCUT2D eigenvalue weighted by molar-refractivity contribution is 0.0186. The predicted octanol–water partition coefficient (Wildman–Crippen LogP) is 3.27. The Balaban J connectivity index is 2.25. The average molecular weight is 254 g/mol. The van der Waals surface area contributed by atoms with Gasteiger partial charge >= 0.3 is 0 Å². The molecule has 1 atom stereocenters. The molecule has 0 saturated carbocycles. The number of carbonyl (C=O) groups excluding carboxylic acids is 1. The van der Waals surface area contributed by atoms with Gasteiger partial charge in [0, 0.05) is 24.7 Å². The molecular weight excluding hydrogens is 238 g/mol. The van der Waals surface area contributed by atoms with Crippen molar-refractivity contribution in [3.63, 3.8) is 0 Å². The SMILES string of the molecule is O=Cc1cccc(C(C(F)F)C2CCOCC2)c1. The summed E-state index contributed by atoms with van der Waals surface area (Å²) < 4.78 is 31.8. The molecule has 2 rings (SSSR count). The highest BCUT2D eigenvalue weighted by molar-refractivity contribution is 5.75. The van der Waals surface area contributed by atoms with Gasteiger partial charge in [0.25, 0.3) is 0 Å². The normalized spacial score (nSPS) is 18.8. The van der Waals surface area contributed by atoms with Gasteiger partial charge in [-0.05, 0) is 30.4 Å². The second kappa shape index (κ2) is 6.05. The van der Waals surface area contributed by atoms with Crippen molar-refractivity contribution in [2.24, 2.45) is 5.92 Å². The van der Waals surface area contributed by atoms with Gasteiger partial charge in [-0.1, -0.05) is 18.2 Å². The first kappa shape index (κ1) is 13.1. The lowest BCUT2D eigenvalue weighted by Gasteiger charge is -2.30. The molecule has 1 aliphatic rings. The van der Waals surface area contributed by atoms with Gasteiger partial charge in [0.05, 0.1) is 0 Å². The van der Waals surface area contributed by atoms with Crippen molar-refractivity contribution >= 4 is 6.29 Å². The number of aldehydes is 1. The van der Waals surface area contributed by atoms with E-state index in [9.17, 15) is 13.6 Å². The third-order valence-electron chi connectivity index (χ3n) is 3.48. The van der Waals surface area contributed by atoms with E-state index in [0.717, 1.165) is 0 Å². The predicted molar refractivity (Wildman–Crippen MR) is 64.1 cm³/mol. The van der Waals surface area contributed by atoms with Gasteiger partial charge < -0.3 is 4.74 Å². The van der Waals surface area contributed by atoms with E-state index in [4.69, 9.17) is 4.74 Å². The van der Waals surface area contributed by atoms with Crippen molar-refractivity contribution in [3.8, 4) is 0 Å². The molecule has 1 aliphatic heterocycles. The molecule has 0 aliphatic carbocycles. The molecule has 1 aromatic rings. The van der Waals surface area contributed by atoms with E-state index >= 15 is 0 Å². The second-order valence-electron chi connectivity index (χ2n) is 4.60. The summed E-state index contributed by atoms with van der Waals surface area (Å²) in [4.78, 5) is 10.7. The highest BCUT2D eigenvalue weighted by atomic mass is 19.3. The standard InChI is InChI=1S/C14H16F2O2/c15-14(16)13(11-4-6-18-7-5-11)12-3-1-2-10(8-12)9-17/h1-3,8-9,11,13-14H,4-7H2. The van der Waals surface area contributed by atoms with Gasteiger partial charge in [-0.2, -0.15) is 0 Å². The number of ether oxygens (including phenoxy) is 1. The molecule has 2 nitrogen and oxygen atoms in total. The minimum Gasteiger partial charge on any atom is -0.381 e. The Hall–Kier alpha value is -1.29. The zero-order chi connectivity index (χ0) is 13.0. The molecule has 18 heavy (non-hydrogen) atoms. The minimum atomic E-state index is -2.41. The summed E-state index contributed by atoms with van der Waals surface area (Å²) in [5.41, 5.74) is 1.01. The molecule has 0 N–H and O–H groups in total. The third-order valence-corrected chi connectivity index (χ3v) is 3.48. The van der Waals surface area contributed by atoms with Crippen molar-refractivity contribution in [1.29, 1.82) is 0 Å². The summed E-state index contributed by atoms with van der Waals surface area (Å²) in [7, 11) is 0. The maximum Gasteiger partial charge on any atom is 0.245 e. The molecule has 0 amide bonds. The Morgan fingerprint density at radius 1 is 1.28 bits per heavy atom. The number of alkyl halides is 2. The van der Waals surface area contributed by atoms with Crippen molar-refractivity contribution in [2.75, 3.05) is 13.2 Å². The molecule has 1 heterocycles. The van der Waals surface area contributed by atoms with Gasteiger partial charge in [0.1, 0.15) is 6.29 Å². The summed E-state index contributed by atoms with van der Waals surface area (Å²) in [5.74, 6) is -0.866. The molecule has 0 radical (unpaired) electrons. The van der Waals surface area contributed by atoms with Crippen LogP contribution in [0.4, 0.5) is 8.78 Å². The fourth-order valence-electron chi connectivity index (χ4n) is 2.54.